The number of nitrogens with zero attached hydrogens (tertiary/aromatic N) is 3. The summed E-state index contributed by atoms with van der Waals surface area (Å²) in [5, 5.41) is 5.96. The number of aromatic nitrogens is 2. The van der Waals surface area contributed by atoms with E-state index in [9.17, 15) is 4.79 Å². The number of hydrogen-bond acceptors (Lipinski definition) is 5. The molecular weight excluding hydrogens is 589 g/mol. The van der Waals surface area contributed by atoms with Gasteiger partial charge in [0.1, 0.15) is 12.4 Å². The van der Waals surface area contributed by atoms with E-state index in [0.717, 1.165) is 21.2 Å². The Morgan fingerprint density at radius 1 is 1.08 bits per heavy atom. The lowest BCUT2D eigenvalue weighted by Crippen LogP contribution is -2.22. The normalized spacial score (nSPS) is 11.3. The minimum Gasteiger partial charge on any atom is -0.490 e. The van der Waals surface area contributed by atoms with Crippen LogP contribution in [0.2, 0.25) is 10.0 Å². The van der Waals surface area contributed by atoms with Crippen molar-refractivity contribution in [2.24, 2.45) is 5.10 Å². The first-order valence-electron chi connectivity index (χ1n) is 12.1. The van der Waals surface area contributed by atoms with E-state index in [0.29, 0.717) is 57.7 Å². The van der Waals surface area contributed by atoms with E-state index in [1.807, 2.05) is 44.2 Å². The van der Waals surface area contributed by atoms with Gasteiger partial charge in [-0.05, 0) is 66.9 Å². The van der Waals surface area contributed by atoms with Crippen LogP contribution in [0.3, 0.4) is 0 Å². The van der Waals surface area contributed by atoms with Crippen molar-refractivity contribution in [1.82, 2.24) is 9.66 Å². The number of aryl methyl sites for hydroxylation is 1. The van der Waals surface area contributed by atoms with Crippen molar-refractivity contribution in [3.8, 4) is 11.5 Å². The second-order valence-electron chi connectivity index (χ2n) is 8.37. The van der Waals surface area contributed by atoms with Crippen molar-refractivity contribution < 1.29 is 9.47 Å². The van der Waals surface area contributed by atoms with Crippen molar-refractivity contribution in [1.29, 1.82) is 0 Å². The largest absolute Gasteiger partial charge is 0.490 e. The fraction of sp³-hybridized carbons (Fsp3) is 0.207. The topological polar surface area (TPSA) is 65.7 Å². The second-order valence-corrected chi connectivity index (χ2v) is 10.1. The molecule has 0 saturated carbocycles. The lowest BCUT2D eigenvalue weighted by Gasteiger charge is -2.17. The van der Waals surface area contributed by atoms with Crippen LogP contribution in [0.5, 0.6) is 11.5 Å². The van der Waals surface area contributed by atoms with Crippen LogP contribution < -0.4 is 15.0 Å². The number of halogens is 3. The van der Waals surface area contributed by atoms with Crippen molar-refractivity contribution in [2.45, 2.75) is 33.3 Å². The molecule has 0 aliphatic rings. The standard InChI is InChI=1S/C29H26BrCl2N3O3/c1-4-7-20-12-19(14-26(37-6-3)28(20)38-17-18-8-10-23(31)24(32)13-18)16-33-35-27(5-2)34-25-11-9-21(30)15-22(25)29(35)36/h4,8-16H,1,5-7,17H2,2-3H3. The van der Waals surface area contributed by atoms with E-state index in [1.54, 1.807) is 30.5 Å². The molecule has 6 nitrogen and oxygen atoms in total. The first kappa shape index (κ1) is 27.9. The Balaban J connectivity index is 1.73. The monoisotopic (exact) mass is 613 g/mol. The Bertz CT molecular complexity index is 1580. The van der Waals surface area contributed by atoms with E-state index in [4.69, 9.17) is 32.7 Å². The summed E-state index contributed by atoms with van der Waals surface area (Å²) in [6.45, 7) is 8.45. The number of benzene rings is 3. The molecule has 0 saturated heterocycles. The molecule has 0 bridgehead atoms. The highest BCUT2D eigenvalue weighted by atomic mass is 79.9. The maximum Gasteiger partial charge on any atom is 0.282 e. The molecule has 0 unspecified atom stereocenters. The summed E-state index contributed by atoms with van der Waals surface area (Å²) in [7, 11) is 0. The van der Waals surface area contributed by atoms with E-state index >= 15 is 0 Å². The Morgan fingerprint density at radius 2 is 1.89 bits per heavy atom. The van der Waals surface area contributed by atoms with Crippen LogP contribution in [0.4, 0.5) is 0 Å². The summed E-state index contributed by atoms with van der Waals surface area (Å²) in [6, 6.07) is 14.6. The molecule has 0 spiro atoms. The zero-order chi connectivity index (χ0) is 27.2. The van der Waals surface area contributed by atoms with E-state index < -0.39 is 0 Å². The summed E-state index contributed by atoms with van der Waals surface area (Å²) in [5.41, 5.74) is 2.89. The molecule has 4 aromatic rings. The van der Waals surface area contributed by atoms with Gasteiger partial charge >= 0.3 is 0 Å². The highest BCUT2D eigenvalue weighted by Crippen LogP contribution is 2.35. The van der Waals surface area contributed by atoms with Crippen LogP contribution in [0.25, 0.3) is 10.9 Å². The predicted molar refractivity (Wildman–Crippen MR) is 158 cm³/mol. The van der Waals surface area contributed by atoms with Gasteiger partial charge in [-0.2, -0.15) is 9.78 Å². The number of ether oxygens (including phenoxy) is 2. The first-order chi connectivity index (χ1) is 18.3. The van der Waals surface area contributed by atoms with E-state index in [-0.39, 0.29) is 12.2 Å². The average Bonchev–Trinajstić information content (AvgIpc) is 2.90. The van der Waals surface area contributed by atoms with Gasteiger partial charge in [-0.1, -0.05) is 58.2 Å². The molecule has 1 heterocycles. The minimum atomic E-state index is -0.234. The van der Waals surface area contributed by atoms with Crippen molar-refractivity contribution in [3.05, 3.63) is 109 Å². The number of rotatable bonds is 10. The summed E-state index contributed by atoms with van der Waals surface area (Å²) in [5.74, 6) is 1.74. The molecule has 0 aliphatic heterocycles. The molecule has 0 atom stereocenters. The minimum absolute atomic E-state index is 0.234. The third kappa shape index (κ3) is 6.29. The summed E-state index contributed by atoms with van der Waals surface area (Å²) in [4.78, 5) is 17.9. The molecule has 38 heavy (non-hydrogen) atoms. The molecule has 1 aromatic heterocycles. The van der Waals surface area contributed by atoms with Gasteiger partial charge in [0.2, 0.25) is 0 Å². The van der Waals surface area contributed by atoms with Crippen LogP contribution in [-0.2, 0) is 19.4 Å². The van der Waals surface area contributed by atoms with Gasteiger partial charge in [0.25, 0.3) is 5.56 Å². The Kier molecular flexibility index (Phi) is 9.26. The molecule has 0 fully saturated rings. The molecule has 0 N–H and O–H groups in total. The molecule has 196 valence electrons. The van der Waals surface area contributed by atoms with Crippen molar-refractivity contribution in [2.75, 3.05) is 6.61 Å². The molecule has 3 aromatic carbocycles. The molecular formula is C29H26BrCl2N3O3. The van der Waals surface area contributed by atoms with Gasteiger partial charge in [0.05, 0.1) is 33.8 Å². The smallest absolute Gasteiger partial charge is 0.282 e. The summed E-state index contributed by atoms with van der Waals surface area (Å²) >= 11 is 15.6. The SMILES string of the molecule is C=CCc1cc(C=Nn2c(CC)nc3ccc(Br)cc3c2=O)cc(OCC)c1OCc1ccc(Cl)c(Cl)c1. The van der Waals surface area contributed by atoms with Crippen LogP contribution in [0.15, 0.2) is 75.6 Å². The van der Waals surface area contributed by atoms with Crippen LogP contribution in [0, 0.1) is 0 Å². The van der Waals surface area contributed by atoms with Gasteiger partial charge in [-0.25, -0.2) is 4.98 Å². The molecule has 9 heteroatoms. The van der Waals surface area contributed by atoms with Crippen LogP contribution >= 0.6 is 39.1 Å². The van der Waals surface area contributed by atoms with Gasteiger partial charge < -0.3 is 9.47 Å². The molecule has 0 amide bonds. The number of allylic oxidation sites excluding steroid dienone is 1. The Morgan fingerprint density at radius 3 is 2.61 bits per heavy atom. The lowest BCUT2D eigenvalue weighted by molar-refractivity contribution is 0.267. The highest BCUT2D eigenvalue weighted by Gasteiger charge is 2.15. The van der Waals surface area contributed by atoms with Crippen LogP contribution in [-0.4, -0.2) is 22.5 Å². The second kappa shape index (κ2) is 12.6. The van der Waals surface area contributed by atoms with Gasteiger partial charge in [0, 0.05) is 16.5 Å². The lowest BCUT2D eigenvalue weighted by atomic mass is 10.1. The molecule has 0 radical (unpaired) electrons. The maximum atomic E-state index is 13.3. The van der Waals surface area contributed by atoms with E-state index in [1.165, 1.54) is 4.68 Å². The van der Waals surface area contributed by atoms with Gasteiger partial charge in [-0.15, -0.1) is 6.58 Å². The fourth-order valence-electron chi connectivity index (χ4n) is 3.94. The van der Waals surface area contributed by atoms with E-state index in [2.05, 4.69) is 32.6 Å². The zero-order valence-electron chi connectivity index (χ0n) is 21.0. The third-order valence-corrected chi connectivity index (χ3v) is 6.93. The maximum absolute atomic E-state index is 13.3. The highest BCUT2D eigenvalue weighted by molar-refractivity contribution is 9.10. The zero-order valence-corrected chi connectivity index (χ0v) is 24.1. The predicted octanol–water partition coefficient (Wildman–Crippen LogP) is 7.62. The Hall–Kier alpha value is -3.13. The molecule has 0 aliphatic carbocycles. The van der Waals surface area contributed by atoms with Gasteiger partial charge in [-0.3, -0.25) is 4.79 Å². The first-order valence-corrected chi connectivity index (χ1v) is 13.6. The summed E-state index contributed by atoms with van der Waals surface area (Å²) in [6.07, 6.45) is 4.52. The Labute approximate surface area is 239 Å². The average molecular weight is 615 g/mol. The quantitative estimate of drug-likeness (QED) is 0.136. The van der Waals surface area contributed by atoms with Crippen molar-refractivity contribution >= 4 is 56.2 Å². The summed E-state index contributed by atoms with van der Waals surface area (Å²) < 4.78 is 14.3. The van der Waals surface area contributed by atoms with Gasteiger partial charge in [0.15, 0.2) is 11.5 Å². The number of fused-ring (bicyclic) bond motifs is 1. The molecule has 4 rings (SSSR count). The van der Waals surface area contributed by atoms with Crippen LogP contribution in [0.1, 0.15) is 36.4 Å². The number of hydrogen-bond donors (Lipinski definition) is 0. The third-order valence-electron chi connectivity index (χ3n) is 5.70. The van der Waals surface area contributed by atoms with Crippen molar-refractivity contribution in [3.63, 3.8) is 0 Å². The fourth-order valence-corrected chi connectivity index (χ4v) is 4.63.